The number of carbonyl (C=O) groups excluding carboxylic acids is 1. The van der Waals surface area contributed by atoms with Crippen molar-refractivity contribution in [2.24, 2.45) is 5.92 Å². The highest BCUT2D eigenvalue weighted by molar-refractivity contribution is 5.82. The zero-order valence-corrected chi connectivity index (χ0v) is 10.4. The second-order valence-corrected chi connectivity index (χ2v) is 4.70. The Balaban J connectivity index is 2.31. The zero-order valence-electron chi connectivity index (χ0n) is 10.4. The Morgan fingerprint density at radius 3 is 2.35 bits per heavy atom. The van der Waals surface area contributed by atoms with E-state index in [1.54, 1.807) is 21.0 Å². The first kappa shape index (κ1) is 13.8. The highest BCUT2D eigenvalue weighted by atomic mass is 16.5. The van der Waals surface area contributed by atoms with Crippen LogP contribution in [0.3, 0.4) is 0 Å². The van der Waals surface area contributed by atoms with Gasteiger partial charge in [-0.05, 0) is 18.8 Å². The number of carboxylic acids is 1. The van der Waals surface area contributed by atoms with Crippen LogP contribution < -0.4 is 10.6 Å². The molecule has 6 heteroatoms. The maximum Gasteiger partial charge on any atom is 0.326 e. The van der Waals surface area contributed by atoms with Gasteiger partial charge in [0.1, 0.15) is 6.04 Å². The van der Waals surface area contributed by atoms with E-state index in [9.17, 15) is 9.59 Å². The van der Waals surface area contributed by atoms with Crippen molar-refractivity contribution in [3.05, 3.63) is 0 Å². The molecule has 0 aromatic heterocycles. The summed E-state index contributed by atoms with van der Waals surface area (Å²) in [5.74, 6) is -1.16. The first-order chi connectivity index (χ1) is 7.93. The van der Waals surface area contributed by atoms with Crippen molar-refractivity contribution < 1.29 is 19.4 Å². The van der Waals surface area contributed by atoms with Gasteiger partial charge in [0, 0.05) is 13.2 Å². The van der Waals surface area contributed by atoms with E-state index in [2.05, 4.69) is 10.6 Å². The predicted molar refractivity (Wildman–Crippen MR) is 61.7 cm³/mol. The quantitative estimate of drug-likeness (QED) is 0.660. The van der Waals surface area contributed by atoms with Gasteiger partial charge in [-0.25, -0.2) is 9.59 Å². The van der Waals surface area contributed by atoms with Crippen molar-refractivity contribution in [2.45, 2.75) is 44.9 Å². The lowest BCUT2D eigenvalue weighted by Crippen LogP contribution is -2.54. The monoisotopic (exact) mass is 244 g/mol. The summed E-state index contributed by atoms with van der Waals surface area (Å²) < 4.78 is 5.09. The molecule has 98 valence electrons. The smallest absolute Gasteiger partial charge is 0.326 e. The Kier molecular flexibility index (Phi) is 4.74. The minimum atomic E-state index is -1.02. The number of carbonyl (C=O) groups is 2. The van der Waals surface area contributed by atoms with E-state index in [1.165, 1.54) is 0 Å². The fourth-order valence-electron chi connectivity index (χ4n) is 1.76. The van der Waals surface area contributed by atoms with E-state index in [-0.39, 0.29) is 18.1 Å². The van der Waals surface area contributed by atoms with Crippen LogP contribution in [0.5, 0.6) is 0 Å². The van der Waals surface area contributed by atoms with Crippen LogP contribution in [0, 0.1) is 5.92 Å². The molecule has 0 aromatic rings. The van der Waals surface area contributed by atoms with Crippen LogP contribution in [0.4, 0.5) is 4.79 Å². The van der Waals surface area contributed by atoms with Crippen LogP contribution >= 0.6 is 0 Å². The molecule has 0 heterocycles. The number of carboxylic acid groups (broad SMARTS) is 1. The van der Waals surface area contributed by atoms with Crippen LogP contribution in [0.15, 0.2) is 0 Å². The molecule has 0 aliphatic heterocycles. The first-order valence-electron chi connectivity index (χ1n) is 5.76. The molecule has 1 fully saturated rings. The largest absolute Gasteiger partial charge is 0.480 e. The molecule has 1 aliphatic carbocycles. The maximum absolute atomic E-state index is 11.5. The lowest BCUT2D eigenvalue weighted by molar-refractivity contribution is -0.140. The third kappa shape index (κ3) is 3.89. The number of ether oxygens (including phenoxy) is 1. The maximum atomic E-state index is 11.5. The average molecular weight is 244 g/mol. The minimum absolute atomic E-state index is 0.0848. The summed E-state index contributed by atoms with van der Waals surface area (Å²) >= 11 is 0. The lowest BCUT2D eigenvalue weighted by Gasteiger charge is -2.34. The van der Waals surface area contributed by atoms with Crippen LogP contribution in [-0.2, 0) is 9.53 Å². The van der Waals surface area contributed by atoms with Crippen molar-refractivity contribution in [3.63, 3.8) is 0 Å². The molecule has 17 heavy (non-hydrogen) atoms. The molecule has 0 aromatic carbocycles. The SMILES string of the molecule is COC1CC(NC(=O)N[C@@H](C(=O)O)C(C)C)C1. The molecule has 2 amide bonds. The normalized spacial score (nSPS) is 24.9. The highest BCUT2D eigenvalue weighted by Gasteiger charge is 2.31. The van der Waals surface area contributed by atoms with Crippen LogP contribution in [0.2, 0.25) is 0 Å². The molecule has 1 saturated carbocycles. The minimum Gasteiger partial charge on any atom is -0.480 e. The number of rotatable bonds is 5. The van der Waals surface area contributed by atoms with Gasteiger partial charge in [0.2, 0.25) is 0 Å². The first-order valence-corrected chi connectivity index (χ1v) is 5.76. The van der Waals surface area contributed by atoms with Gasteiger partial charge >= 0.3 is 12.0 Å². The fourth-order valence-corrected chi connectivity index (χ4v) is 1.76. The Bertz CT molecular complexity index is 287. The van der Waals surface area contributed by atoms with Crippen LogP contribution in [0.25, 0.3) is 0 Å². The van der Waals surface area contributed by atoms with Gasteiger partial charge in [0.15, 0.2) is 0 Å². The topological polar surface area (TPSA) is 87.7 Å². The van der Waals surface area contributed by atoms with Crippen LogP contribution in [0.1, 0.15) is 26.7 Å². The van der Waals surface area contributed by atoms with Crippen molar-refractivity contribution >= 4 is 12.0 Å². The van der Waals surface area contributed by atoms with Crippen molar-refractivity contribution in [2.75, 3.05) is 7.11 Å². The number of hydrogen-bond donors (Lipinski definition) is 3. The van der Waals surface area contributed by atoms with Crippen LogP contribution in [-0.4, -0.2) is 42.4 Å². The molecule has 0 bridgehead atoms. The van der Waals surface area contributed by atoms with E-state index in [0.717, 1.165) is 12.8 Å². The molecule has 0 radical (unpaired) electrons. The van der Waals surface area contributed by atoms with Crippen molar-refractivity contribution in [3.8, 4) is 0 Å². The molecule has 1 atom stereocenters. The molecule has 0 spiro atoms. The van der Waals surface area contributed by atoms with Gasteiger partial charge in [-0.3, -0.25) is 0 Å². The third-order valence-corrected chi connectivity index (χ3v) is 2.98. The summed E-state index contributed by atoms with van der Waals surface area (Å²) in [5, 5.41) is 14.1. The summed E-state index contributed by atoms with van der Waals surface area (Å²) in [5.41, 5.74) is 0. The fraction of sp³-hybridized carbons (Fsp3) is 0.818. The van der Waals surface area contributed by atoms with E-state index in [4.69, 9.17) is 9.84 Å². The third-order valence-electron chi connectivity index (χ3n) is 2.98. The summed E-state index contributed by atoms with van der Waals surface area (Å²) in [6.07, 6.45) is 1.77. The second kappa shape index (κ2) is 5.86. The molecule has 1 rings (SSSR count). The number of nitrogens with one attached hydrogen (secondary N) is 2. The van der Waals surface area contributed by atoms with E-state index in [1.807, 2.05) is 0 Å². The van der Waals surface area contributed by atoms with E-state index < -0.39 is 18.0 Å². The molecule has 1 aliphatic rings. The van der Waals surface area contributed by atoms with Crippen molar-refractivity contribution in [1.82, 2.24) is 10.6 Å². The van der Waals surface area contributed by atoms with E-state index >= 15 is 0 Å². The Morgan fingerprint density at radius 1 is 1.35 bits per heavy atom. The number of methoxy groups -OCH3 is 1. The molecule has 0 saturated heterocycles. The Morgan fingerprint density at radius 2 is 1.94 bits per heavy atom. The molecular formula is C11H20N2O4. The lowest BCUT2D eigenvalue weighted by atomic mass is 9.89. The average Bonchev–Trinajstić information content (AvgIpc) is 2.18. The van der Waals surface area contributed by atoms with Gasteiger partial charge in [-0.2, -0.15) is 0 Å². The highest BCUT2D eigenvalue weighted by Crippen LogP contribution is 2.22. The molecule has 0 unspecified atom stereocenters. The van der Waals surface area contributed by atoms with Gasteiger partial charge in [-0.15, -0.1) is 0 Å². The summed E-state index contributed by atoms with van der Waals surface area (Å²) in [7, 11) is 1.64. The van der Waals surface area contributed by atoms with Gasteiger partial charge in [0.05, 0.1) is 6.10 Å². The second-order valence-electron chi connectivity index (χ2n) is 4.70. The van der Waals surface area contributed by atoms with Gasteiger partial charge < -0.3 is 20.5 Å². The Hall–Kier alpha value is -1.30. The number of aliphatic carboxylic acids is 1. The standard InChI is InChI=1S/C11H20N2O4/c1-6(2)9(10(14)15)13-11(16)12-7-4-8(5-7)17-3/h6-9H,4-5H2,1-3H3,(H,14,15)(H2,12,13,16)/t7?,8?,9-/m1/s1. The number of hydrogen-bond acceptors (Lipinski definition) is 3. The summed E-state index contributed by atoms with van der Waals surface area (Å²) in [6, 6.07) is -1.19. The summed E-state index contributed by atoms with van der Waals surface area (Å²) in [4.78, 5) is 22.4. The van der Waals surface area contributed by atoms with E-state index in [0.29, 0.717) is 0 Å². The molecule has 3 N–H and O–H groups in total. The van der Waals surface area contributed by atoms with Crippen molar-refractivity contribution in [1.29, 1.82) is 0 Å². The number of urea groups is 1. The Labute approximate surface area is 101 Å². The number of amides is 2. The zero-order chi connectivity index (χ0) is 13.0. The van der Waals surface area contributed by atoms with Gasteiger partial charge in [-0.1, -0.05) is 13.8 Å². The van der Waals surface area contributed by atoms with Gasteiger partial charge in [0.25, 0.3) is 0 Å². The summed E-state index contributed by atoms with van der Waals surface area (Å²) in [6.45, 7) is 3.51. The molecular weight excluding hydrogens is 224 g/mol. The predicted octanol–water partition coefficient (Wildman–Crippen LogP) is 0.572. The molecule has 6 nitrogen and oxygen atoms in total.